The van der Waals surface area contributed by atoms with Crippen LogP contribution in [0, 0.1) is 19.8 Å². The van der Waals surface area contributed by atoms with Crippen molar-refractivity contribution in [3.8, 4) is 16.9 Å². The molecule has 0 saturated carbocycles. The van der Waals surface area contributed by atoms with Gasteiger partial charge in [0.15, 0.2) is 6.61 Å². The van der Waals surface area contributed by atoms with Crippen molar-refractivity contribution < 1.29 is 23.1 Å². The summed E-state index contributed by atoms with van der Waals surface area (Å²) in [4.78, 5) is 10.9. The molecular weight excluding hydrogens is 450 g/mol. The Labute approximate surface area is 200 Å². The molecule has 1 unspecified atom stereocenters. The minimum Gasteiger partial charge on any atom is -0.482 e. The van der Waals surface area contributed by atoms with E-state index in [9.17, 15) is 13.2 Å². The van der Waals surface area contributed by atoms with E-state index in [0.717, 1.165) is 16.7 Å². The second-order valence-electron chi connectivity index (χ2n) is 9.14. The lowest BCUT2D eigenvalue weighted by atomic mass is 9.88. The average molecular weight is 480 g/mol. The number of aliphatic carboxylic acids is 1. The smallest absolute Gasteiger partial charge is 0.341 e. The monoisotopic (exact) mass is 479 g/mol. The number of carboxylic acids is 1. The van der Waals surface area contributed by atoms with Gasteiger partial charge in [-0.3, -0.25) is 4.31 Å². The lowest BCUT2D eigenvalue weighted by Gasteiger charge is -2.21. The molecule has 0 aliphatic carbocycles. The number of rotatable bonds is 7. The molecule has 34 heavy (non-hydrogen) atoms. The number of carbonyl (C=O) groups is 1. The Balaban J connectivity index is 1.71. The van der Waals surface area contributed by atoms with Crippen LogP contribution in [0.3, 0.4) is 0 Å². The standard InChI is InChI=1S/C27H29NO5S/c1-17(2)24-15-28(25-11-9-21(14-23(24)25)20-7-5-18(3)6-8-20)34(31,32)22-10-12-26(19(4)13-22)33-16-27(29)30/h5-14,17,24H,15-16H2,1-4H3,(H,29,30). The molecule has 1 aliphatic heterocycles. The summed E-state index contributed by atoms with van der Waals surface area (Å²) in [6, 6.07) is 18.8. The SMILES string of the molecule is Cc1ccc(-c2ccc3c(c2)C(C(C)C)CN3S(=O)(=O)c2ccc(OCC(=O)O)c(C)c2)cc1. The highest BCUT2D eigenvalue weighted by atomic mass is 32.2. The van der Waals surface area contributed by atoms with Gasteiger partial charge in [-0.15, -0.1) is 0 Å². The molecule has 0 saturated heterocycles. The van der Waals surface area contributed by atoms with Gasteiger partial charge in [0.2, 0.25) is 0 Å². The Kier molecular flexibility index (Phi) is 6.41. The van der Waals surface area contributed by atoms with Crippen molar-refractivity contribution in [3.05, 3.63) is 77.4 Å². The quantitative estimate of drug-likeness (QED) is 0.492. The molecular formula is C27H29NO5S. The van der Waals surface area contributed by atoms with E-state index in [1.165, 1.54) is 28.1 Å². The van der Waals surface area contributed by atoms with Gasteiger partial charge in [-0.2, -0.15) is 0 Å². The summed E-state index contributed by atoms with van der Waals surface area (Å²) in [7, 11) is -3.81. The average Bonchev–Trinajstić information content (AvgIpc) is 3.18. The van der Waals surface area contributed by atoms with Crippen LogP contribution in [-0.4, -0.2) is 32.6 Å². The van der Waals surface area contributed by atoms with E-state index in [1.807, 2.05) is 12.1 Å². The van der Waals surface area contributed by atoms with Crippen molar-refractivity contribution in [3.63, 3.8) is 0 Å². The molecule has 0 radical (unpaired) electrons. The number of hydrogen-bond donors (Lipinski definition) is 1. The third-order valence-electron chi connectivity index (χ3n) is 6.33. The van der Waals surface area contributed by atoms with Crippen LogP contribution in [0.25, 0.3) is 11.1 Å². The zero-order valence-electron chi connectivity index (χ0n) is 19.8. The number of aryl methyl sites for hydroxylation is 2. The van der Waals surface area contributed by atoms with Gasteiger partial charge in [0.1, 0.15) is 5.75 Å². The number of ether oxygens (including phenoxy) is 1. The number of benzene rings is 3. The largest absolute Gasteiger partial charge is 0.482 e. The van der Waals surface area contributed by atoms with E-state index in [2.05, 4.69) is 51.1 Å². The first-order valence-electron chi connectivity index (χ1n) is 11.3. The van der Waals surface area contributed by atoms with Crippen molar-refractivity contribution in [2.75, 3.05) is 17.5 Å². The summed E-state index contributed by atoms with van der Waals surface area (Å²) in [6.45, 7) is 7.88. The van der Waals surface area contributed by atoms with Gasteiger partial charge in [-0.1, -0.05) is 49.7 Å². The first-order chi connectivity index (χ1) is 16.1. The highest BCUT2D eigenvalue weighted by Gasteiger charge is 2.38. The Morgan fingerprint density at radius 1 is 1.03 bits per heavy atom. The normalized spacial score (nSPS) is 15.4. The zero-order chi connectivity index (χ0) is 24.6. The summed E-state index contributed by atoms with van der Waals surface area (Å²) >= 11 is 0. The third-order valence-corrected chi connectivity index (χ3v) is 8.11. The summed E-state index contributed by atoms with van der Waals surface area (Å²) in [6.07, 6.45) is 0. The Morgan fingerprint density at radius 2 is 1.71 bits per heavy atom. The molecule has 0 spiro atoms. The minimum atomic E-state index is -3.81. The molecule has 3 aromatic carbocycles. The second-order valence-corrected chi connectivity index (χ2v) is 11.0. The summed E-state index contributed by atoms with van der Waals surface area (Å²) in [5.41, 5.74) is 5.67. The molecule has 7 heteroatoms. The van der Waals surface area contributed by atoms with Crippen LogP contribution < -0.4 is 9.04 Å². The second kappa shape index (κ2) is 9.14. The first-order valence-corrected chi connectivity index (χ1v) is 12.7. The van der Waals surface area contributed by atoms with E-state index in [-0.39, 0.29) is 16.7 Å². The molecule has 0 amide bonds. The van der Waals surface area contributed by atoms with Crippen LogP contribution in [0.1, 0.15) is 36.5 Å². The van der Waals surface area contributed by atoms with Crippen molar-refractivity contribution in [2.24, 2.45) is 5.92 Å². The van der Waals surface area contributed by atoms with Gasteiger partial charge in [-0.25, -0.2) is 13.2 Å². The van der Waals surface area contributed by atoms with E-state index in [4.69, 9.17) is 9.84 Å². The molecule has 1 aliphatic rings. The van der Waals surface area contributed by atoms with Gasteiger partial charge in [0, 0.05) is 12.5 Å². The molecule has 178 valence electrons. The third kappa shape index (κ3) is 4.53. The number of hydrogen-bond acceptors (Lipinski definition) is 4. The Bertz CT molecular complexity index is 1330. The predicted molar refractivity (Wildman–Crippen MR) is 133 cm³/mol. The first kappa shape index (κ1) is 23.8. The number of anilines is 1. The van der Waals surface area contributed by atoms with Crippen LogP contribution in [0.2, 0.25) is 0 Å². The number of fused-ring (bicyclic) bond motifs is 1. The maximum atomic E-state index is 13.7. The lowest BCUT2D eigenvalue weighted by molar-refractivity contribution is -0.139. The fourth-order valence-electron chi connectivity index (χ4n) is 4.39. The van der Waals surface area contributed by atoms with Crippen molar-refractivity contribution in [2.45, 2.75) is 38.5 Å². The molecule has 1 heterocycles. The summed E-state index contributed by atoms with van der Waals surface area (Å²) in [5.74, 6) is -0.393. The Hall–Kier alpha value is -3.32. The van der Waals surface area contributed by atoms with Crippen LogP contribution in [0.15, 0.2) is 65.6 Å². The summed E-state index contributed by atoms with van der Waals surface area (Å²) in [5, 5.41) is 8.83. The van der Waals surface area contributed by atoms with Gasteiger partial charge in [0.05, 0.1) is 10.6 Å². The molecule has 3 aromatic rings. The van der Waals surface area contributed by atoms with Gasteiger partial charge < -0.3 is 9.84 Å². The van der Waals surface area contributed by atoms with Gasteiger partial charge in [-0.05, 0) is 72.4 Å². The maximum Gasteiger partial charge on any atom is 0.341 e. The lowest BCUT2D eigenvalue weighted by Crippen LogP contribution is -2.30. The van der Waals surface area contributed by atoms with E-state index < -0.39 is 22.6 Å². The van der Waals surface area contributed by atoms with Crippen LogP contribution in [0.5, 0.6) is 5.75 Å². The number of sulfonamides is 1. The van der Waals surface area contributed by atoms with Crippen molar-refractivity contribution in [1.29, 1.82) is 0 Å². The number of nitrogens with zero attached hydrogens (tertiary/aromatic N) is 1. The predicted octanol–water partition coefficient (Wildman–Crippen LogP) is 5.38. The molecule has 1 N–H and O–H groups in total. The molecule has 0 bridgehead atoms. The minimum absolute atomic E-state index is 0.0782. The zero-order valence-corrected chi connectivity index (χ0v) is 20.6. The van der Waals surface area contributed by atoms with E-state index in [1.54, 1.807) is 6.92 Å². The van der Waals surface area contributed by atoms with Crippen molar-refractivity contribution >= 4 is 21.7 Å². The van der Waals surface area contributed by atoms with Crippen LogP contribution in [0.4, 0.5) is 5.69 Å². The van der Waals surface area contributed by atoms with Crippen molar-refractivity contribution in [1.82, 2.24) is 0 Å². The molecule has 4 rings (SSSR count). The fourth-order valence-corrected chi connectivity index (χ4v) is 5.99. The van der Waals surface area contributed by atoms with Gasteiger partial charge in [0.25, 0.3) is 10.0 Å². The highest BCUT2D eigenvalue weighted by molar-refractivity contribution is 7.92. The highest BCUT2D eigenvalue weighted by Crippen LogP contribution is 2.44. The molecule has 6 nitrogen and oxygen atoms in total. The van der Waals surface area contributed by atoms with Gasteiger partial charge >= 0.3 is 5.97 Å². The number of carboxylic acid groups (broad SMARTS) is 1. The van der Waals surface area contributed by atoms with Crippen LogP contribution >= 0.6 is 0 Å². The topological polar surface area (TPSA) is 83.9 Å². The summed E-state index contributed by atoms with van der Waals surface area (Å²) < 4.78 is 34.1. The maximum absolute atomic E-state index is 13.7. The van der Waals surface area contributed by atoms with E-state index in [0.29, 0.717) is 23.5 Å². The molecule has 1 atom stereocenters. The fraction of sp³-hybridized carbons (Fsp3) is 0.296. The Morgan fingerprint density at radius 3 is 2.32 bits per heavy atom. The van der Waals surface area contributed by atoms with E-state index >= 15 is 0 Å². The van der Waals surface area contributed by atoms with Crippen LogP contribution in [-0.2, 0) is 14.8 Å². The molecule has 0 fully saturated rings. The molecule has 0 aromatic heterocycles.